The minimum Gasteiger partial charge on any atom is -0.347 e. The van der Waals surface area contributed by atoms with Crippen LogP contribution in [0.5, 0.6) is 0 Å². The lowest BCUT2D eigenvalue weighted by atomic mass is 10.2. The van der Waals surface area contributed by atoms with E-state index in [1.165, 1.54) is 24.5 Å². The highest BCUT2D eigenvalue weighted by Gasteiger charge is 2.07. The second-order valence-corrected chi connectivity index (χ2v) is 3.12. The van der Waals surface area contributed by atoms with Crippen molar-refractivity contribution in [1.82, 2.24) is 20.5 Å². The Hall–Kier alpha value is -2.24. The Morgan fingerprint density at radius 1 is 1.44 bits per heavy atom. The maximum atomic E-state index is 13.1. The SMILES string of the molecule is O=C(NCc1ccncc1F)c1ccn[nH]1. The third kappa shape index (κ3) is 2.22. The molecule has 0 saturated heterocycles. The number of rotatable bonds is 3. The van der Waals surface area contributed by atoms with Crippen molar-refractivity contribution in [2.75, 3.05) is 0 Å². The van der Waals surface area contributed by atoms with Gasteiger partial charge in [-0.2, -0.15) is 5.10 Å². The zero-order chi connectivity index (χ0) is 11.4. The van der Waals surface area contributed by atoms with Crippen molar-refractivity contribution in [3.05, 3.63) is 47.8 Å². The van der Waals surface area contributed by atoms with Crippen LogP contribution >= 0.6 is 0 Å². The Kier molecular flexibility index (Phi) is 2.90. The fraction of sp³-hybridized carbons (Fsp3) is 0.100. The van der Waals surface area contributed by atoms with E-state index < -0.39 is 5.82 Å². The van der Waals surface area contributed by atoms with Crippen LogP contribution in [-0.2, 0) is 6.54 Å². The third-order valence-corrected chi connectivity index (χ3v) is 2.04. The van der Waals surface area contributed by atoms with Gasteiger partial charge in [0.05, 0.1) is 6.20 Å². The van der Waals surface area contributed by atoms with Crippen molar-refractivity contribution >= 4 is 5.91 Å². The molecule has 0 aliphatic carbocycles. The zero-order valence-electron chi connectivity index (χ0n) is 8.27. The number of aromatic nitrogens is 3. The summed E-state index contributed by atoms with van der Waals surface area (Å²) in [5.41, 5.74) is 0.734. The van der Waals surface area contributed by atoms with Gasteiger partial charge in [-0.05, 0) is 12.1 Å². The first-order valence-electron chi connectivity index (χ1n) is 4.63. The van der Waals surface area contributed by atoms with Gasteiger partial charge in [-0.1, -0.05) is 0 Å². The van der Waals surface area contributed by atoms with Crippen LogP contribution in [0.25, 0.3) is 0 Å². The Morgan fingerprint density at radius 2 is 2.31 bits per heavy atom. The molecular formula is C10H9FN4O. The quantitative estimate of drug-likeness (QED) is 0.806. The van der Waals surface area contributed by atoms with Crippen LogP contribution < -0.4 is 5.32 Å². The van der Waals surface area contributed by atoms with Crippen LogP contribution in [0.3, 0.4) is 0 Å². The van der Waals surface area contributed by atoms with Crippen LogP contribution in [0.1, 0.15) is 16.1 Å². The molecule has 2 aromatic heterocycles. The van der Waals surface area contributed by atoms with Gasteiger partial charge in [-0.25, -0.2) is 4.39 Å². The minimum absolute atomic E-state index is 0.117. The summed E-state index contributed by atoms with van der Waals surface area (Å²) in [5.74, 6) is -0.763. The molecule has 0 aliphatic rings. The molecule has 82 valence electrons. The van der Waals surface area contributed by atoms with Gasteiger partial charge < -0.3 is 5.32 Å². The van der Waals surface area contributed by atoms with Crippen LogP contribution in [0.15, 0.2) is 30.7 Å². The normalized spacial score (nSPS) is 10.1. The van der Waals surface area contributed by atoms with E-state index in [4.69, 9.17) is 0 Å². The van der Waals surface area contributed by atoms with Gasteiger partial charge in [0.1, 0.15) is 11.5 Å². The van der Waals surface area contributed by atoms with E-state index >= 15 is 0 Å². The molecular weight excluding hydrogens is 211 g/mol. The molecule has 2 heterocycles. The average Bonchev–Trinajstić information content (AvgIpc) is 2.81. The molecule has 1 amide bonds. The number of carbonyl (C=O) groups is 1. The molecule has 0 aromatic carbocycles. The highest BCUT2D eigenvalue weighted by atomic mass is 19.1. The molecule has 0 saturated carbocycles. The number of pyridine rings is 1. The van der Waals surface area contributed by atoms with Gasteiger partial charge in [0.15, 0.2) is 0 Å². The number of H-pyrrole nitrogens is 1. The number of halogens is 1. The maximum Gasteiger partial charge on any atom is 0.269 e. The van der Waals surface area contributed by atoms with Gasteiger partial charge in [-0.15, -0.1) is 0 Å². The van der Waals surface area contributed by atoms with Crippen molar-refractivity contribution in [1.29, 1.82) is 0 Å². The number of hydrogen-bond donors (Lipinski definition) is 2. The van der Waals surface area contributed by atoms with Crippen LogP contribution in [-0.4, -0.2) is 21.1 Å². The van der Waals surface area contributed by atoms with Crippen molar-refractivity contribution in [2.45, 2.75) is 6.54 Å². The van der Waals surface area contributed by atoms with Crippen molar-refractivity contribution < 1.29 is 9.18 Å². The lowest BCUT2D eigenvalue weighted by molar-refractivity contribution is 0.0945. The van der Waals surface area contributed by atoms with Gasteiger partial charge >= 0.3 is 0 Å². The van der Waals surface area contributed by atoms with Gasteiger partial charge in [0.2, 0.25) is 0 Å². The highest BCUT2D eigenvalue weighted by molar-refractivity contribution is 5.91. The van der Waals surface area contributed by atoms with Gasteiger partial charge in [0.25, 0.3) is 5.91 Å². The molecule has 0 atom stereocenters. The summed E-state index contributed by atoms with van der Waals surface area (Å²) in [4.78, 5) is 15.1. The topological polar surface area (TPSA) is 70.7 Å². The Balaban J connectivity index is 1.98. The molecule has 0 spiro atoms. The Bertz CT molecular complexity index is 483. The van der Waals surface area contributed by atoms with Crippen molar-refractivity contribution in [3.8, 4) is 0 Å². The maximum absolute atomic E-state index is 13.1. The predicted octanol–water partition coefficient (Wildman–Crippen LogP) is 0.874. The van der Waals surface area contributed by atoms with E-state index in [9.17, 15) is 9.18 Å². The number of nitrogens with zero attached hydrogens (tertiary/aromatic N) is 2. The lowest BCUT2D eigenvalue weighted by Gasteiger charge is -2.04. The number of amides is 1. The summed E-state index contributed by atoms with van der Waals surface area (Å²) in [6.45, 7) is 0.117. The van der Waals surface area contributed by atoms with E-state index in [0.717, 1.165) is 6.20 Å². The summed E-state index contributed by atoms with van der Waals surface area (Å²) >= 11 is 0. The van der Waals surface area contributed by atoms with E-state index in [0.29, 0.717) is 11.3 Å². The van der Waals surface area contributed by atoms with E-state index in [-0.39, 0.29) is 12.5 Å². The standard InChI is InChI=1S/C10H9FN4O/c11-8-6-12-3-1-7(8)5-13-10(16)9-2-4-14-15-9/h1-4,6H,5H2,(H,13,16)(H,14,15). The Morgan fingerprint density at radius 3 is 3.00 bits per heavy atom. The summed E-state index contributed by atoms with van der Waals surface area (Å²) < 4.78 is 13.1. The first-order valence-corrected chi connectivity index (χ1v) is 4.63. The molecule has 0 bridgehead atoms. The molecule has 0 aliphatic heterocycles. The van der Waals surface area contributed by atoms with Crippen LogP contribution in [0, 0.1) is 5.82 Å². The first-order chi connectivity index (χ1) is 7.77. The monoisotopic (exact) mass is 220 g/mol. The summed E-state index contributed by atoms with van der Waals surface area (Å²) in [6, 6.07) is 3.06. The molecule has 16 heavy (non-hydrogen) atoms. The van der Waals surface area contributed by atoms with E-state index in [2.05, 4.69) is 20.5 Å². The van der Waals surface area contributed by atoms with E-state index in [1.807, 2.05) is 0 Å². The zero-order valence-corrected chi connectivity index (χ0v) is 8.27. The number of hydrogen-bond acceptors (Lipinski definition) is 3. The molecule has 2 rings (SSSR count). The first kappa shape index (κ1) is 10.3. The molecule has 0 fully saturated rings. The number of carbonyl (C=O) groups excluding carboxylic acids is 1. The molecule has 2 aromatic rings. The lowest BCUT2D eigenvalue weighted by Crippen LogP contribution is -2.23. The molecule has 5 nitrogen and oxygen atoms in total. The molecule has 6 heteroatoms. The highest BCUT2D eigenvalue weighted by Crippen LogP contribution is 2.03. The number of nitrogens with one attached hydrogen (secondary N) is 2. The molecule has 0 unspecified atom stereocenters. The van der Waals surface area contributed by atoms with Gasteiger partial charge in [-0.3, -0.25) is 14.9 Å². The third-order valence-electron chi connectivity index (χ3n) is 2.04. The predicted molar refractivity (Wildman–Crippen MR) is 54.0 cm³/mol. The molecule has 2 N–H and O–H groups in total. The Labute approximate surface area is 90.7 Å². The second kappa shape index (κ2) is 4.52. The summed E-state index contributed by atoms with van der Waals surface area (Å²) in [5, 5.41) is 8.73. The summed E-state index contributed by atoms with van der Waals surface area (Å²) in [6.07, 6.45) is 4.06. The van der Waals surface area contributed by atoms with E-state index in [1.54, 1.807) is 0 Å². The molecule has 0 radical (unpaired) electrons. The van der Waals surface area contributed by atoms with Crippen molar-refractivity contribution in [2.24, 2.45) is 0 Å². The fourth-order valence-corrected chi connectivity index (χ4v) is 1.20. The second-order valence-electron chi connectivity index (χ2n) is 3.12. The minimum atomic E-state index is -0.438. The largest absolute Gasteiger partial charge is 0.347 e. The van der Waals surface area contributed by atoms with Crippen LogP contribution in [0.4, 0.5) is 4.39 Å². The van der Waals surface area contributed by atoms with Crippen molar-refractivity contribution in [3.63, 3.8) is 0 Å². The fourth-order valence-electron chi connectivity index (χ4n) is 1.20. The number of aromatic amines is 1. The smallest absolute Gasteiger partial charge is 0.269 e. The average molecular weight is 220 g/mol. The van der Waals surface area contributed by atoms with Crippen LogP contribution in [0.2, 0.25) is 0 Å². The summed E-state index contributed by atoms with van der Waals surface area (Å²) in [7, 11) is 0. The van der Waals surface area contributed by atoms with Gasteiger partial charge in [0, 0.05) is 24.5 Å².